The van der Waals surface area contributed by atoms with E-state index >= 15 is 0 Å². The van der Waals surface area contributed by atoms with E-state index in [0.29, 0.717) is 0 Å². The summed E-state index contributed by atoms with van der Waals surface area (Å²) in [4.78, 5) is 0. The van der Waals surface area contributed by atoms with Crippen LogP contribution in [0.3, 0.4) is 0 Å². The Balaban J connectivity index is 0. The molecular formula is C4H11Br2NiP. The molecule has 0 amide bonds. The molecule has 0 aromatic carbocycles. The quantitative estimate of drug-likeness (QED) is 0.542. The normalized spacial score (nSPS) is 8.00. The molecule has 0 rings (SSSR count). The molecule has 0 saturated carbocycles. The SMILES string of the molecule is CCCCP.[Br][Ni][Br]. The Morgan fingerprint density at radius 3 is 1.88 bits per heavy atom. The van der Waals surface area contributed by atoms with E-state index in [1.165, 1.54) is 29.9 Å². The minimum absolute atomic E-state index is 1.25. The number of hydrogen-bond donors (Lipinski definition) is 0. The zero-order valence-corrected chi connectivity index (χ0v) is 10.1. The molecular weight excluding hydrogens is 298 g/mol. The molecule has 0 aromatic rings. The van der Waals surface area contributed by atoms with Crippen molar-refractivity contribution in [1.82, 2.24) is 0 Å². The molecule has 0 aliphatic carbocycles. The van der Waals surface area contributed by atoms with Crippen molar-refractivity contribution in [2.45, 2.75) is 19.8 Å². The topological polar surface area (TPSA) is 0 Å². The molecule has 0 N–H and O–H groups in total. The van der Waals surface area contributed by atoms with Gasteiger partial charge in [-0.05, 0) is 6.16 Å². The molecule has 56 valence electrons. The first-order chi connectivity index (χ1) is 3.83. The van der Waals surface area contributed by atoms with E-state index in [4.69, 9.17) is 0 Å². The maximum atomic E-state index is 3.00. The van der Waals surface area contributed by atoms with E-state index in [0.717, 1.165) is 0 Å². The van der Waals surface area contributed by atoms with E-state index < -0.39 is 0 Å². The second kappa shape index (κ2) is 15.9. The Bertz CT molecular complexity index is 28.0. The van der Waals surface area contributed by atoms with Crippen molar-refractivity contribution in [3.05, 3.63) is 0 Å². The van der Waals surface area contributed by atoms with Gasteiger partial charge in [-0.1, -0.05) is 19.8 Å². The van der Waals surface area contributed by atoms with Crippen LogP contribution in [0.5, 0.6) is 0 Å². The summed E-state index contributed by atoms with van der Waals surface area (Å²) >= 11 is 6.00. The Morgan fingerprint density at radius 1 is 1.50 bits per heavy atom. The average molecular weight is 309 g/mol. The van der Waals surface area contributed by atoms with Gasteiger partial charge in [0.1, 0.15) is 0 Å². The molecule has 0 aromatic heterocycles. The van der Waals surface area contributed by atoms with Crippen LogP contribution in [0.1, 0.15) is 19.8 Å². The van der Waals surface area contributed by atoms with Gasteiger partial charge in [0.2, 0.25) is 0 Å². The van der Waals surface area contributed by atoms with Crippen LogP contribution in [-0.4, -0.2) is 6.16 Å². The third-order valence-corrected chi connectivity index (χ3v) is 0.966. The van der Waals surface area contributed by atoms with Gasteiger partial charge in [-0.3, -0.25) is 0 Å². The maximum absolute atomic E-state index is 3.00. The number of rotatable bonds is 2. The van der Waals surface area contributed by atoms with Crippen molar-refractivity contribution in [2.24, 2.45) is 0 Å². The van der Waals surface area contributed by atoms with Gasteiger partial charge in [0, 0.05) is 0 Å². The fourth-order valence-electron chi connectivity index (χ4n) is 0.204. The van der Waals surface area contributed by atoms with Crippen molar-refractivity contribution in [1.29, 1.82) is 0 Å². The molecule has 0 bridgehead atoms. The van der Waals surface area contributed by atoms with Gasteiger partial charge in [-0.2, -0.15) is 0 Å². The van der Waals surface area contributed by atoms with Crippen molar-refractivity contribution < 1.29 is 10.9 Å². The van der Waals surface area contributed by atoms with Gasteiger partial charge in [0.25, 0.3) is 0 Å². The van der Waals surface area contributed by atoms with Crippen LogP contribution in [0, 0.1) is 0 Å². The second-order valence-corrected chi connectivity index (χ2v) is 6.75. The fourth-order valence-corrected chi connectivity index (χ4v) is 0.612. The summed E-state index contributed by atoms with van der Waals surface area (Å²) in [5.74, 6) is 0. The minimum atomic E-state index is 1.25. The summed E-state index contributed by atoms with van der Waals surface area (Å²) in [5, 5.41) is 0. The summed E-state index contributed by atoms with van der Waals surface area (Å²) in [6.07, 6.45) is 3.94. The Labute approximate surface area is 74.1 Å². The number of hydrogen-bond acceptors (Lipinski definition) is 0. The second-order valence-electron chi connectivity index (χ2n) is 1.19. The summed E-state index contributed by atoms with van der Waals surface area (Å²) < 4.78 is 0. The Hall–Kier alpha value is 1.88. The third kappa shape index (κ3) is 24.8. The first kappa shape index (κ1) is 12.5. The van der Waals surface area contributed by atoms with Gasteiger partial charge in [0.05, 0.1) is 0 Å². The van der Waals surface area contributed by atoms with Gasteiger partial charge in [-0.25, -0.2) is 0 Å². The summed E-state index contributed by atoms with van der Waals surface area (Å²) in [7, 11) is 3.95. The zero-order chi connectivity index (χ0) is 6.83. The van der Waals surface area contributed by atoms with Crippen LogP contribution >= 0.6 is 37.7 Å². The molecule has 0 aliphatic rings. The molecule has 0 heterocycles. The van der Waals surface area contributed by atoms with E-state index in [1.54, 1.807) is 0 Å². The summed E-state index contributed by atoms with van der Waals surface area (Å²) in [5.41, 5.74) is 0. The molecule has 0 aliphatic heterocycles. The molecule has 0 spiro atoms. The molecule has 0 fully saturated rings. The summed E-state index contributed by atoms with van der Waals surface area (Å²) in [6.45, 7) is 2.20. The molecule has 4 heteroatoms. The number of halogens is 2. The van der Waals surface area contributed by atoms with Crippen LogP contribution in [0.15, 0.2) is 0 Å². The molecule has 1 atom stereocenters. The third-order valence-electron chi connectivity index (χ3n) is 0.558. The molecule has 8 heavy (non-hydrogen) atoms. The van der Waals surface area contributed by atoms with Crippen molar-refractivity contribution in [3.63, 3.8) is 0 Å². The van der Waals surface area contributed by atoms with Crippen molar-refractivity contribution in [3.8, 4) is 0 Å². The molecule has 0 nitrogen and oxygen atoms in total. The van der Waals surface area contributed by atoms with Gasteiger partial charge < -0.3 is 0 Å². The van der Waals surface area contributed by atoms with Crippen LogP contribution in [0.2, 0.25) is 0 Å². The molecule has 1 unspecified atom stereocenters. The predicted molar refractivity (Wildman–Crippen MR) is 47.3 cm³/mol. The van der Waals surface area contributed by atoms with E-state index in [2.05, 4.69) is 44.6 Å². The van der Waals surface area contributed by atoms with E-state index in [-0.39, 0.29) is 0 Å². The van der Waals surface area contributed by atoms with Crippen LogP contribution in [0.25, 0.3) is 0 Å². The number of unbranched alkanes of at least 4 members (excludes halogenated alkanes) is 1. The average Bonchev–Trinajstić information content (AvgIpc) is 1.71. The van der Waals surface area contributed by atoms with Crippen LogP contribution in [0.4, 0.5) is 0 Å². The monoisotopic (exact) mass is 306 g/mol. The zero-order valence-electron chi connectivity index (χ0n) is 4.77. The first-order valence-electron chi connectivity index (χ1n) is 2.35. The van der Waals surface area contributed by atoms with E-state index in [9.17, 15) is 0 Å². The van der Waals surface area contributed by atoms with Crippen molar-refractivity contribution >= 4 is 37.7 Å². The Morgan fingerprint density at radius 2 is 1.88 bits per heavy atom. The Kier molecular flexibility index (Phi) is 25.0. The fraction of sp³-hybridized carbons (Fsp3) is 1.00. The van der Waals surface area contributed by atoms with Crippen LogP contribution in [-0.2, 0) is 10.9 Å². The van der Waals surface area contributed by atoms with E-state index in [1.807, 2.05) is 0 Å². The predicted octanol–water partition coefficient (Wildman–Crippen LogP) is 3.35. The van der Waals surface area contributed by atoms with Crippen molar-refractivity contribution in [2.75, 3.05) is 6.16 Å². The summed E-state index contributed by atoms with van der Waals surface area (Å²) in [6, 6.07) is 0. The molecule has 0 saturated heterocycles. The van der Waals surface area contributed by atoms with Crippen LogP contribution < -0.4 is 0 Å². The standard InChI is InChI=1S/C4H11P.2BrH.Ni/c1-2-3-4-5;;;/h2-5H2,1H3;2*1H;/q;;;+2/p-2. The van der Waals surface area contributed by atoms with Gasteiger partial charge in [0.15, 0.2) is 0 Å². The van der Waals surface area contributed by atoms with Gasteiger partial charge >= 0.3 is 39.3 Å². The first-order valence-corrected chi connectivity index (χ1v) is 8.05. The van der Waals surface area contributed by atoms with Gasteiger partial charge in [-0.15, -0.1) is 9.24 Å². The molecule has 0 radical (unpaired) electrons.